The Morgan fingerprint density at radius 1 is 1.07 bits per heavy atom. The molecule has 152 valence electrons. The van der Waals surface area contributed by atoms with Gasteiger partial charge in [0.25, 0.3) is 0 Å². The van der Waals surface area contributed by atoms with Gasteiger partial charge in [-0.25, -0.2) is 9.97 Å². The molecule has 1 aliphatic carbocycles. The number of hydrogen-bond acceptors (Lipinski definition) is 5. The van der Waals surface area contributed by atoms with Gasteiger partial charge in [0.1, 0.15) is 5.82 Å². The zero-order chi connectivity index (χ0) is 20.5. The third-order valence-electron chi connectivity index (χ3n) is 6.00. The number of fused-ring (bicyclic) bond motifs is 1. The smallest absolute Gasteiger partial charge is 0.228 e. The van der Waals surface area contributed by atoms with Gasteiger partial charge in [0, 0.05) is 36.0 Å². The van der Waals surface area contributed by atoms with Crippen molar-refractivity contribution < 1.29 is 9.21 Å². The maximum Gasteiger partial charge on any atom is 0.228 e. The van der Waals surface area contributed by atoms with Crippen LogP contribution in [0.1, 0.15) is 37.1 Å². The van der Waals surface area contributed by atoms with Gasteiger partial charge in [-0.15, -0.1) is 0 Å². The van der Waals surface area contributed by atoms with Gasteiger partial charge in [0.05, 0.1) is 6.20 Å². The van der Waals surface area contributed by atoms with Gasteiger partial charge in [-0.2, -0.15) is 0 Å². The van der Waals surface area contributed by atoms with Gasteiger partial charge in [0.15, 0.2) is 11.7 Å². The van der Waals surface area contributed by atoms with Crippen molar-refractivity contribution in [2.75, 3.05) is 19.4 Å². The number of aryl methyl sites for hydroxylation is 2. The number of hydrogen-bond donors (Lipinski definition) is 1. The molecule has 0 saturated heterocycles. The summed E-state index contributed by atoms with van der Waals surface area (Å²) >= 11 is 0. The van der Waals surface area contributed by atoms with Crippen LogP contribution >= 0.6 is 0 Å². The molecule has 29 heavy (non-hydrogen) atoms. The molecule has 1 fully saturated rings. The molecule has 1 amide bonds. The van der Waals surface area contributed by atoms with Crippen LogP contribution in [0.5, 0.6) is 0 Å². The minimum atomic E-state index is 0.0638. The first-order chi connectivity index (χ1) is 13.9. The number of benzene rings is 1. The molecule has 1 N–H and O–H groups in total. The van der Waals surface area contributed by atoms with E-state index >= 15 is 0 Å². The number of carbonyl (C=O) groups excluding carboxylic acids is 1. The third kappa shape index (κ3) is 4.17. The molecule has 0 bridgehead atoms. The van der Waals surface area contributed by atoms with Crippen molar-refractivity contribution in [2.24, 2.45) is 5.92 Å². The second-order valence-corrected chi connectivity index (χ2v) is 8.29. The van der Waals surface area contributed by atoms with Crippen molar-refractivity contribution in [1.82, 2.24) is 14.9 Å². The van der Waals surface area contributed by atoms with Gasteiger partial charge in [-0.05, 0) is 75.9 Å². The molecule has 2 aromatic heterocycles. The number of nitrogens with one attached hydrogen (secondary N) is 1. The molecule has 0 spiro atoms. The lowest BCUT2D eigenvalue weighted by Gasteiger charge is -2.31. The van der Waals surface area contributed by atoms with E-state index in [1.165, 1.54) is 0 Å². The highest BCUT2D eigenvalue weighted by molar-refractivity contribution is 5.95. The predicted molar refractivity (Wildman–Crippen MR) is 115 cm³/mol. The van der Waals surface area contributed by atoms with E-state index in [9.17, 15) is 4.79 Å². The molecular weight excluding hydrogens is 364 g/mol. The van der Waals surface area contributed by atoms with Crippen LogP contribution in [0.2, 0.25) is 0 Å². The lowest BCUT2D eigenvalue weighted by atomic mass is 9.85. The first-order valence-corrected chi connectivity index (χ1v) is 10.2. The maximum absolute atomic E-state index is 12.8. The molecule has 0 unspecified atom stereocenters. The predicted octanol–water partition coefficient (Wildman–Crippen LogP) is 4.57. The van der Waals surface area contributed by atoms with E-state index in [1.807, 2.05) is 19.2 Å². The number of oxazole rings is 1. The first-order valence-electron chi connectivity index (χ1n) is 10.2. The molecule has 6 nitrogen and oxygen atoms in total. The highest BCUT2D eigenvalue weighted by atomic mass is 16.4. The Kier molecular flexibility index (Phi) is 5.37. The molecule has 2 heterocycles. The zero-order valence-electron chi connectivity index (χ0n) is 17.5. The highest BCUT2D eigenvalue weighted by Crippen LogP contribution is 2.30. The van der Waals surface area contributed by atoms with Crippen molar-refractivity contribution in [1.29, 1.82) is 0 Å². The van der Waals surface area contributed by atoms with Crippen molar-refractivity contribution in [3.05, 3.63) is 42.0 Å². The van der Waals surface area contributed by atoms with Gasteiger partial charge >= 0.3 is 0 Å². The summed E-state index contributed by atoms with van der Waals surface area (Å²) in [6, 6.07) is 6.66. The Balaban J connectivity index is 1.53. The van der Waals surface area contributed by atoms with Gasteiger partial charge in [-0.3, -0.25) is 4.79 Å². The average Bonchev–Trinajstić information content (AvgIpc) is 3.14. The quantitative estimate of drug-likeness (QED) is 0.704. The Bertz CT molecular complexity index is 1030. The minimum Gasteiger partial charge on any atom is -0.441 e. The first kappa shape index (κ1) is 19.6. The monoisotopic (exact) mass is 392 g/mol. The fourth-order valence-electron chi connectivity index (χ4n) is 4.23. The second-order valence-electron chi connectivity index (χ2n) is 8.29. The van der Waals surface area contributed by atoms with E-state index < -0.39 is 0 Å². The summed E-state index contributed by atoms with van der Waals surface area (Å²) in [7, 11) is 4.22. The largest absolute Gasteiger partial charge is 0.441 e. The van der Waals surface area contributed by atoms with Crippen LogP contribution in [-0.2, 0) is 4.79 Å². The Morgan fingerprint density at radius 3 is 2.48 bits per heavy atom. The molecule has 0 radical (unpaired) electrons. The van der Waals surface area contributed by atoms with Crippen molar-refractivity contribution in [3.63, 3.8) is 0 Å². The molecule has 6 heteroatoms. The number of carbonyl (C=O) groups is 1. The van der Waals surface area contributed by atoms with Crippen LogP contribution in [0.25, 0.3) is 22.1 Å². The van der Waals surface area contributed by atoms with E-state index in [2.05, 4.69) is 53.3 Å². The number of aromatic nitrogens is 2. The van der Waals surface area contributed by atoms with Crippen LogP contribution in [0.3, 0.4) is 0 Å². The Morgan fingerprint density at radius 2 is 1.83 bits per heavy atom. The van der Waals surface area contributed by atoms with Crippen LogP contribution in [0, 0.1) is 19.8 Å². The molecule has 0 aliphatic heterocycles. The SMILES string of the molecule is Cc1ncc(-c2cc(C)c3cnc(NC(=O)C4CCC(N(C)C)CC4)cc3c2)o1. The summed E-state index contributed by atoms with van der Waals surface area (Å²) in [5.41, 5.74) is 2.08. The van der Waals surface area contributed by atoms with Gasteiger partial charge < -0.3 is 14.6 Å². The summed E-state index contributed by atoms with van der Waals surface area (Å²) in [5.74, 6) is 2.13. The standard InChI is InChI=1S/C23H28N4O2/c1-14-9-18(21-13-24-15(2)29-21)10-17-11-22(25-12-20(14)17)26-23(28)16-5-7-19(8-6-16)27(3)4/h9-13,16,19H,5-8H2,1-4H3,(H,25,26,28). The van der Waals surface area contributed by atoms with Gasteiger partial charge in [-0.1, -0.05) is 0 Å². The van der Waals surface area contributed by atoms with E-state index in [0.29, 0.717) is 17.8 Å². The van der Waals surface area contributed by atoms with Crippen LogP contribution in [0.4, 0.5) is 5.82 Å². The molecule has 1 aliphatic rings. The number of rotatable bonds is 4. The Hall–Kier alpha value is -2.73. The molecule has 1 aromatic carbocycles. The van der Waals surface area contributed by atoms with E-state index in [0.717, 1.165) is 53.3 Å². The highest BCUT2D eigenvalue weighted by Gasteiger charge is 2.27. The number of amides is 1. The Labute approximate surface area is 171 Å². The van der Waals surface area contributed by atoms with Crippen LogP contribution in [0.15, 0.2) is 35.0 Å². The molecule has 1 saturated carbocycles. The summed E-state index contributed by atoms with van der Waals surface area (Å²) in [5, 5.41) is 5.12. The molecule has 3 aromatic rings. The lowest BCUT2D eigenvalue weighted by Crippen LogP contribution is -2.35. The van der Waals surface area contributed by atoms with Crippen LogP contribution in [-0.4, -0.2) is 40.9 Å². The van der Waals surface area contributed by atoms with Crippen molar-refractivity contribution >= 4 is 22.5 Å². The molecular formula is C23H28N4O2. The number of anilines is 1. The van der Waals surface area contributed by atoms with Crippen molar-refractivity contribution in [2.45, 2.75) is 45.6 Å². The number of nitrogens with zero attached hydrogens (tertiary/aromatic N) is 3. The summed E-state index contributed by atoms with van der Waals surface area (Å²) in [6.45, 7) is 3.89. The normalized spacial score (nSPS) is 19.6. The fourth-order valence-corrected chi connectivity index (χ4v) is 4.23. The summed E-state index contributed by atoms with van der Waals surface area (Å²) in [4.78, 5) is 23.7. The fraction of sp³-hybridized carbons (Fsp3) is 0.435. The zero-order valence-corrected chi connectivity index (χ0v) is 17.5. The average molecular weight is 393 g/mol. The van der Waals surface area contributed by atoms with E-state index in [4.69, 9.17) is 4.42 Å². The maximum atomic E-state index is 12.8. The molecule has 0 atom stereocenters. The minimum absolute atomic E-state index is 0.0638. The number of pyridine rings is 1. The molecule has 4 rings (SSSR count). The second kappa shape index (κ2) is 7.95. The topological polar surface area (TPSA) is 71.3 Å². The van der Waals surface area contributed by atoms with E-state index in [-0.39, 0.29) is 11.8 Å². The lowest BCUT2D eigenvalue weighted by molar-refractivity contribution is -0.121. The van der Waals surface area contributed by atoms with Gasteiger partial charge in [0.2, 0.25) is 5.91 Å². The summed E-state index contributed by atoms with van der Waals surface area (Å²) in [6.07, 6.45) is 7.56. The summed E-state index contributed by atoms with van der Waals surface area (Å²) < 4.78 is 5.67. The third-order valence-corrected chi connectivity index (χ3v) is 6.00. The van der Waals surface area contributed by atoms with Crippen LogP contribution < -0.4 is 5.32 Å². The van der Waals surface area contributed by atoms with Crippen molar-refractivity contribution in [3.8, 4) is 11.3 Å². The van der Waals surface area contributed by atoms with E-state index in [1.54, 1.807) is 6.20 Å².